The van der Waals surface area contributed by atoms with Gasteiger partial charge in [-0.1, -0.05) is 0 Å². The largest absolute Gasteiger partial charge is 0.416 e. The molecule has 0 saturated carbocycles. The molecular weight excluding hydrogens is 267 g/mol. The lowest BCUT2D eigenvalue weighted by Crippen LogP contribution is -2.20. The van der Waals surface area contributed by atoms with Gasteiger partial charge in [-0.05, 0) is 30.7 Å². The molecule has 1 aromatic rings. The summed E-state index contributed by atoms with van der Waals surface area (Å²) < 4.78 is 59.4. The smallest absolute Gasteiger partial charge is 0.381 e. The Morgan fingerprint density at radius 3 is 2.22 bits per heavy atom. The number of halogens is 3. The zero-order valence-corrected chi connectivity index (χ0v) is 10.2. The van der Waals surface area contributed by atoms with Crippen LogP contribution >= 0.6 is 0 Å². The zero-order chi connectivity index (χ0) is 13.4. The van der Waals surface area contributed by atoms with Crippen LogP contribution in [0.25, 0.3) is 0 Å². The second-order valence-corrected chi connectivity index (χ2v) is 6.55. The Balaban J connectivity index is 2.04. The van der Waals surface area contributed by atoms with Crippen LogP contribution in [0.15, 0.2) is 24.3 Å². The summed E-state index contributed by atoms with van der Waals surface area (Å²) in [7, 11) is -2.99. The molecule has 0 amide bonds. The van der Waals surface area contributed by atoms with Gasteiger partial charge in [0, 0.05) is 11.7 Å². The maximum Gasteiger partial charge on any atom is 0.416 e. The van der Waals surface area contributed by atoms with Crippen molar-refractivity contribution in [2.24, 2.45) is 0 Å². The van der Waals surface area contributed by atoms with Crippen molar-refractivity contribution in [1.82, 2.24) is 0 Å². The van der Waals surface area contributed by atoms with E-state index in [-0.39, 0.29) is 17.5 Å². The number of anilines is 1. The monoisotopic (exact) mass is 279 g/mol. The van der Waals surface area contributed by atoms with Crippen LogP contribution in [0, 0.1) is 0 Å². The van der Waals surface area contributed by atoms with Crippen LogP contribution in [0.3, 0.4) is 0 Å². The molecule has 0 aromatic heterocycles. The van der Waals surface area contributed by atoms with Gasteiger partial charge in [0.05, 0.1) is 17.1 Å². The average molecular weight is 279 g/mol. The number of sulfone groups is 1. The summed E-state index contributed by atoms with van der Waals surface area (Å²) >= 11 is 0. The number of rotatable bonds is 2. The highest BCUT2D eigenvalue weighted by Gasteiger charge is 2.30. The Kier molecular flexibility index (Phi) is 3.27. The molecule has 7 heteroatoms. The third kappa shape index (κ3) is 3.16. The van der Waals surface area contributed by atoms with Crippen molar-refractivity contribution >= 4 is 15.5 Å². The van der Waals surface area contributed by atoms with Crippen molar-refractivity contribution in [3.05, 3.63) is 29.8 Å². The van der Waals surface area contributed by atoms with E-state index in [0.29, 0.717) is 12.1 Å². The molecule has 0 bridgehead atoms. The Morgan fingerprint density at radius 2 is 1.78 bits per heavy atom. The van der Waals surface area contributed by atoms with E-state index < -0.39 is 21.6 Å². The average Bonchev–Trinajstić information content (AvgIpc) is 2.57. The summed E-state index contributed by atoms with van der Waals surface area (Å²) in [5, 5.41) is 2.93. The molecule has 1 aliphatic heterocycles. The van der Waals surface area contributed by atoms with E-state index >= 15 is 0 Å². The molecule has 100 valence electrons. The van der Waals surface area contributed by atoms with Gasteiger partial charge in [-0.25, -0.2) is 8.42 Å². The number of benzene rings is 1. The molecule has 1 atom stereocenters. The SMILES string of the molecule is O=S1(=O)CCC(Nc2ccc(C(F)(F)F)cc2)C1. The molecule has 1 aromatic carbocycles. The minimum atomic E-state index is -4.35. The van der Waals surface area contributed by atoms with Gasteiger partial charge in [-0.15, -0.1) is 0 Å². The lowest BCUT2D eigenvalue weighted by Gasteiger charge is -2.13. The highest BCUT2D eigenvalue weighted by atomic mass is 32.2. The Morgan fingerprint density at radius 1 is 1.17 bits per heavy atom. The van der Waals surface area contributed by atoms with Crippen LogP contribution in [0.5, 0.6) is 0 Å². The molecule has 0 spiro atoms. The standard InChI is InChI=1S/C11H12F3NO2S/c12-11(13,14)8-1-3-9(4-2-8)15-10-5-6-18(16,17)7-10/h1-4,10,15H,5-7H2. The Bertz CT molecular complexity index is 522. The van der Waals surface area contributed by atoms with Crippen LogP contribution in [0.4, 0.5) is 18.9 Å². The molecule has 1 unspecified atom stereocenters. The van der Waals surface area contributed by atoms with E-state index in [2.05, 4.69) is 5.32 Å². The predicted octanol–water partition coefficient (Wildman–Crippen LogP) is 2.30. The first kappa shape index (κ1) is 13.2. The van der Waals surface area contributed by atoms with Crippen LogP contribution in [-0.4, -0.2) is 26.0 Å². The van der Waals surface area contributed by atoms with Gasteiger partial charge in [0.1, 0.15) is 0 Å². The topological polar surface area (TPSA) is 46.2 Å². The molecule has 0 radical (unpaired) electrons. The third-order valence-electron chi connectivity index (χ3n) is 2.82. The maximum absolute atomic E-state index is 12.3. The van der Waals surface area contributed by atoms with Crippen LogP contribution in [0.2, 0.25) is 0 Å². The van der Waals surface area contributed by atoms with Crippen LogP contribution in [-0.2, 0) is 16.0 Å². The molecule has 1 aliphatic rings. The van der Waals surface area contributed by atoms with E-state index in [0.717, 1.165) is 12.1 Å². The van der Waals surface area contributed by atoms with E-state index in [1.54, 1.807) is 0 Å². The molecule has 0 aliphatic carbocycles. The van der Waals surface area contributed by atoms with E-state index in [9.17, 15) is 21.6 Å². The highest BCUT2D eigenvalue weighted by Crippen LogP contribution is 2.30. The summed E-state index contributed by atoms with van der Waals surface area (Å²) in [4.78, 5) is 0. The highest BCUT2D eigenvalue weighted by molar-refractivity contribution is 7.91. The summed E-state index contributed by atoms with van der Waals surface area (Å²) in [5.74, 6) is 0.166. The van der Waals surface area contributed by atoms with Gasteiger partial charge in [-0.2, -0.15) is 13.2 Å². The first-order valence-corrected chi connectivity index (χ1v) is 7.23. The number of nitrogens with one attached hydrogen (secondary N) is 1. The Hall–Kier alpha value is -1.24. The second-order valence-electron chi connectivity index (χ2n) is 4.32. The van der Waals surface area contributed by atoms with Gasteiger partial charge in [0.15, 0.2) is 9.84 Å². The first-order chi connectivity index (χ1) is 8.26. The fraction of sp³-hybridized carbons (Fsp3) is 0.455. The molecule has 1 heterocycles. The van der Waals surface area contributed by atoms with Gasteiger partial charge in [0.2, 0.25) is 0 Å². The fourth-order valence-electron chi connectivity index (χ4n) is 1.90. The summed E-state index contributed by atoms with van der Waals surface area (Å²) in [5.41, 5.74) is -0.211. The molecule has 1 fully saturated rings. The van der Waals surface area contributed by atoms with Crippen LogP contribution < -0.4 is 5.32 Å². The van der Waals surface area contributed by atoms with Gasteiger partial charge in [-0.3, -0.25) is 0 Å². The van der Waals surface area contributed by atoms with Crippen molar-refractivity contribution in [3.63, 3.8) is 0 Å². The lowest BCUT2D eigenvalue weighted by atomic mass is 10.2. The minimum absolute atomic E-state index is 0.0357. The molecule has 3 nitrogen and oxygen atoms in total. The van der Waals surface area contributed by atoms with Gasteiger partial charge in [0.25, 0.3) is 0 Å². The lowest BCUT2D eigenvalue weighted by molar-refractivity contribution is -0.137. The van der Waals surface area contributed by atoms with Crippen molar-refractivity contribution in [1.29, 1.82) is 0 Å². The van der Waals surface area contributed by atoms with Crippen LogP contribution in [0.1, 0.15) is 12.0 Å². The summed E-state index contributed by atoms with van der Waals surface area (Å²) in [6, 6.07) is 4.37. The molecule has 18 heavy (non-hydrogen) atoms. The molecule has 2 rings (SSSR count). The van der Waals surface area contributed by atoms with Crippen molar-refractivity contribution < 1.29 is 21.6 Å². The van der Waals surface area contributed by atoms with Crippen molar-refractivity contribution in [3.8, 4) is 0 Å². The number of alkyl halides is 3. The van der Waals surface area contributed by atoms with Gasteiger partial charge >= 0.3 is 6.18 Å². The first-order valence-electron chi connectivity index (χ1n) is 5.40. The van der Waals surface area contributed by atoms with Gasteiger partial charge < -0.3 is 5.32 Å². The quantitative estimate of drug-likeness (QED) is 0.903. The second kappa shape index (κ2) is 4.46. The zero-order valence-electron chi connectivity index (χ0n) is 9.37. The van der Waals surface area contributed by atoms with Crippen molar-refractivity contribution in [2.75, 3.05) is 16.8 Å². The number of hydrogen-bond donors (Lipinski definition) is 1. The van der Waals surface area contributed by atoms with Crippen molar-refractivity contribution in [2.45, 2.75) is 18.6 Å². The maximum atomic E-state index is 12.3. The van der Waals surface area contributed by atoms with E-state index in [4.69, 9.17) is 0 Å². The molecule has 1 N–H and O–H groups in total. The van der Waals surface area contributed by atoms with E-state index in [1.807, 2.05) is 0 Å². The predicted molar refractivity (Wildman–Crippen MR) is 62.1 cm³/mol. The number of hydrogen-bond acceptors (Lipinski definition) is 3. The summed E-state index contributed by atoms with van der Waals surface area (Å²) in [6.07, 6.45) is -3.86. The minimum Gasteiger partial charge on any atom is -0.381 e. The molecular formula is C11H12F3NO2S. The normalized spacial score (nSPS) is 22.9. The Labute approximate surface area is 103 Å². The van der Waals surface area contributed by atoms with E-state index in [1.165, 1.54) is 12.1 Å². The third-order valence-corrected chi connectivity index (χ3v) is 4.58. The summed E-state index contributed by atoms with van der Waals surface area (Å²) in [6.45, 7) is 0. The fourth-order valence-corrected chi connectivity index (χ4v) is 3.57. The molecule has 1 saturated heterocycles.